The molecule has 2 nitrogen and oxygen atoms in total. The normalized spacial score (nSPS) is 18.9. The van der Waals surface area contributed by atoms with Gasteiger partial charge < -0.3 is 4.90 Å². The van der Waals surface area contributed by atoms with Gasteiger partial charge in [-0.05, 0) is 31.5 Å². The SMILES string of the molecule is O=[C]C(CN1CCCC1)c1ccccc1. The largest absolute Gasteiger partial charge is 0.302 e. The first-order chi connectivity index (χ1) is 7.40. The van der Waals surface area contributed by atoms with E-state index < -0.39 is 0 Å². The van der Waals surface area contributed by atoms with Crippen molar-refractivity contribution < 1.29 is 4.79 Å². The average molecular weight is 202 g/mol. The Labute approximate surface area is 90.9 Å². The minimum Gasteiger partial charge on any atom is -0.302 e. The third-order valence-electron chi connectivity index (χ3n) is 2.98. The zero-order chi connectivity index (χ0) is 10.5. The van der Waals surface area contributed by atoms with Crippen molar-refractivity contribution in [2.45, 2.75) is 18.8 Å². The number of rotatable bonds is 4. The number of nitrogens with zero attached hydrogens (tertiary/aromatic N) is 1. The summed E-state index contributed by atoms with van der Waals surface area (Å²) in [5, 5.41) is 0. The average Bonchev–Trinajstić information content (AvgIpc) is 2.80. The van der Waals surface area contributed by atoms with Crippen LogP contribution in [0.1, 0.15) is 24.3 Å². The molecule has 1 atom stereocenters. The second-order valence-electron chi connectivity index (χ2n) is 4.09. The minimum absolute atomic E-state index is 0.0794. The third-order valence-corrected chi connectivity index (χ3v) is 2.98. The van der Waals surface area contributed by atoms with Crippen molar-refractivity contribution in [3.05, 3.63) is 35.9 Å². The summed E-state index contributed by atoms with van der Waals surface area (Å²) in [6.07, 6.45) is 4.68. The topological polar surface area (TPSA) is 20.3 Å². The van der Waals surface area contributed by atoms with Gasteiger partial charge in [0.2, 0.25) is 6.29 Å². The molecule has 1 aromatic carbocycles. The monoisotopic (exact) mass is 202 g/mol. The molecular formula is C13H16NO. The predicted molar refractivity (Wildman–Crippen MR) is 60.6 cm³/mol. The molecule has 2 heteroatoms. The quantitative estimate of drug-likeness (QED) is 0.744. The molecule has 0 amide bonds. The molecule has 1 fully saturated rings. The van der Waals surface area contributed by atoms with Crippen molar-refractivity contribution in [1.82, 2.24) is 4.90 Å². The van der Waals surface area contributed by atoms with Gasteiger partial charge in [-0.2, -0.15) is 0 Å². The fourth-order valence-electron chi connectivity index (χ4n) is 2.12. The van der Waals surface area contributed by atoms with E-state index in [2.05, 4.69) is 11.2 Å². The van der Waals surface area contributed by atoms with Gasteiger partial charge in [-0.1, -0.05) is 30.3 Å². The highest BCUT2D eigenvalue weighted by atomic mass is 16.1. The Balaban J connectivity index is 2.01. The predicted octanol–water partition coefficient (Wildman–Crippen LogP) is 1.98. The van der Waals surface area contributed by atoms with Gasteiger partial charge in [0, 0.05) is 6.54 Å². The van der Waals surface area contributed by atoms with E-state index in [1.54, 1.807) is 0 Å². The third kappa shape index (κ3) is 2.66. The second kappa shape index (κ2) is 5.08. The van der Waals surface area contributed by atoms with Crippen LogP contribution in [0.25, 0.3) is 0 Å². The number of carbonyl (C=O) groups excluding carboxylic acids is 1. The Morgan fingerprint density at radius 1 is 1.20 bits per heavy atom. The molecule has 0 bridgehead atoms. The van der Waals surface area contributed by atoms with Crippen LogP contribution in [0, 0.1) is 0 Å². The van der Waals surface area contributed by atoms with Crippen LogP contribution in [0.2, 0.25) is 0 Å². The van der Waals surface area contributed by atoms with E-state index in [0.29, 0.717) is 0 Å². The summed E-state index contributed by atoms with van der Waals surface area (Å²) in [5.74, 6) is -0.0794. The van der Waals surface area contributed by atoms with Crippen molar-refractivity contribution >= 4 is 6.29 Å². The molecule has 0 spiro atoms. The Morgan fingerprint density at radius 2 is 1.87 bits per heavy atom. The Kier molecular flexibility index (Phi) is 3.51. The molecule has 0 aromatic heterocycles. The van der Waals surface area contributed by atoms with Crippen LogP contribution in [0.3, 0.4) is 0 Å². The van der Waals surface area contributed by atoms with Gasteiger partial charge >= 0.3 is 0 Å². The second-order valence-corrected chi connectivity index (χ2v) is 4.09. The van der Waals surface area contributed by atoms with E-state index in [-0.39, 0.29) is 5.92 Å². The first-order valence-electron chi connectivity index (χ1n) is 5.55. The molecule has 1 aliphatic heterocycles. The molecule has 0 aliphatic carbocycles. The maximum Gasteiger partial charge on any atom is 0.207 e. The standard InChI is InChI=1S/C13H16NO/c15-11-13(10-14-8-4-5-9-14)12-6-2-1-3-7-12/h1-3,6-7,13H,4-5,8-10H2. The highest BCUT2D eigenvalue weighted by molar-refractivity contribution is 5.63. The van der Waals surface area contributed by atoms with E-state index in [1.165, 1.54) is 12.8 Å². The zero-order valence-electron chi connectivity index (χ0n) is 8.86. The van der Waals surface area contributed by atoms with Gasteiger partial charge in [-0.25, -0.2) is 0 Å². The molecule has 1 saturated heterocycles. The van der Waals surface area contributed by atoms with E-state index in [9.17, 15) is 4.79 Å². The Morgan fingerprint density at radius 3 is 2.47 bits per heavy atom. The fourth-order valence-corrected chi connectivity index (χ4v) is 2.12. The molecule has 2 rings (SSSR count). The van der Waals surface area contributed by atoms with Gasteiger partial charge in [0.05, 0.1) is 5.92 Å². The van der Waals surface area contributed by atoms with Gasteiger partial charge in [0.15, 0.2) is 0 Å². The van der Waals surface area contributed by atoms with Crippen molar-refractivity contribution in [2.75, 3.05) is 19.6 Å². The van der Waals surface area contributed by atoms with Crippen LogP contribution in [0.5, 0.6) is 0 Å². The summed E-state index contributed by atoms with van der Waals surface area (Å²) in [6.45, 7) is 3.09. The Hall–Kier alpha value is -1.15. The van der Waals surface area contributed by atoms with Gasteiger partial charge in [0.25, 0.3) is 0 Å². The molecular weight excluding hydrogens is 186 g/mol. The summed E-state index contributed by atoms with van der Waals surface area (Å²) >= 11 is 0. The molecule has 1 unspecified atom stereocenters. The van der Waals surface area contributed by atoms with Crippen molar-refractivity contribution in [3.8, 4) is 0 Å². The summed E-state index contributed by atoms with van der Waals surface area (Å²) in [5.41, 5.74) is 1.08. The van der Waals surface area contributed by atoms with Gasteiger partial charge in [0.1, 0.15) is 0 Å². The smallest absolute Gasteiger partial charge is 0.207 e. The van der Waals surface area contributed by atoms with Gasteiger partial charge in [-0.15, -0.1) is 0 Å². The highest BCUT2D eigenvalue weighted by Crippen LogP contribution is 2.17. The number of hydrogen-bond donors (Lipinski definition) is 0. The lowest BCUT2D eigenvalue weighted by atomic mass is 10.0. The van der Waals surface area contributed by atoms with Gasteiger partial charge in [-0.3, -0.25) is 4.79 Å². The van der Waals surface area contributed by atoms with Crippen LogP contribution in [-0.4, -0.2) is 30.8 Å². The Bertz CT molecular complexity index is 304. The van der Waals surface area contributed by atoms with E-state index in [4.69, 9.17) is 0 Å². The first-order valence-corrected chi connectivity index (χ1v) is 5.55. The zero-order valence-corrected chi connectivity index (χ0v) is 8.86. The number of benzene rings is 1. The number of hydrogen-bond acceptors (Lipinski definition) is 2. The molecule has 15 heavy (non-hydrogen) atoms. The molecule has 1 aromatic rings. The lowest BCUT2D eigenvalue weighted by Gasteiger charge is -2.18. The highest BCUT2D eigenvalue weighted by Gasteiger charge is 2.18. The minimum atomic E-state index is -0.0794. The van der Waals surface area contributed by atoms with Crippen molar-refractivity contribution in [2.24, 2.45) is 0 Å². The molecule has 79 valence electrons. The molecule has 1 heterocycles. The van der Waals surface area contributed by atoms with Crippen LogP contribution >= 0.6 is 0 Å². The summed E-state index contributed by atoms with van der Waals surface area (Å²) in [7, 11) is 0. The van der Waals surface area contributed by atoms with Crippen LogP contribution in [-0.2, 0) is 4.79 Å². The molecule has 1 radical (unpaired) electrons. The lowest BCUT2D eigenvalue weighted by Crippen LogP contribution is -2.26. The summed E-state index contributed by atoms with van der Waals surface area (Å²) < 4.78 is 0. The lowest BCUT2D eigenvalue weighted by molar-refractivity contribution is 0.331. The maximum absolute atomic E-state index is 10.9. The molecule has 0 N–H and O–H groups in total. The van der Waals surface area contributed by atoms with Crippen LogP contribution in [0.15, 0.2) is 30.3 Å². The number of likely N-dealkylation sites (tertiary alicyclic amines) is 1. The fraction of sp³-hybridized carbons (Fsp3) is 0.462. The summed E-state index contributed by atoms with van der Waals surface area (Å²) in [6, 6.07) is 9.94. The van der Waals surface area contributed by atoms with E-state index in [1.807, 2.05) is 30.3 Å². The van der Waals surface area contributed by atoms with E-state index in [0.717, 1.165) is 25.2 Å². The summed E-state index contributed by atoms with van der Waals surface area (Å²) in [4.78, 5) is 13.3. The van der Waals surface area contributed by atoms with E-state index >= 15 is 0 Å². The molecule has 0 saturated carbocycles. The van der Waals surface area contributed by atoms with Crippen LogP contribution < -0.4 is 0 Å². The van der Waals surface area contributed by atoms with Crippen LogP contribution in [0.4, 0.5) is 0 Å². The molecule has 1 aliphatic rings. The van der Waals surface area contributed by atoms with Crippen molar-refractivity contribution in [3.63, 3.8) is 0 Å². The first kappa shape index (κ1) is 10.4. The maximum atomic E-state index is 10.9. The van der Waals surface area contributed by atoms with Crippen molar-refractivity contribution in [1.29, 1.82) is 0 Å².